The van der Waals surface area contributed by atoms with E-state index in [4.69, 9.17) is 9.15 Å². The molecule has 0 N–H and O–H groups in total. The Morgan fingerprint density at radius 2 is 1.81 bits per heavy atom. The zero-order valence-corrected chi connectivity index (χ0v) is 14.8. The zero-order valence-electron chi connectivity index (χ0n) is 14.8. The van der Waals surface area contributed by atoms with Gasteiger partial charge in [0.15, 0.2) is 0 Å². The summed E-state index contributed by atoms with van der Waals surface area (Å²) in [5.41, 5.74) is 2.16. The lowest BCUT2D eigenvalue weighted by atomic mass is 10.2. The van der Waals surface area contributed by atoms with E-state index < -0.39 is 0 Å². The van der Waals surface area contributed by atoms with Gasteiger partial charge >= 0.3 is 0 Å². The molecule has 2 aromatic carbocycles. The molecule has 0 unspecified atom stereocenters. The molecule has 1 amide bonds. The van der Waals surface area contributed by atoms with E-state index >= 15 is 0 Å². The fourth-order valence-corrected chi connectivity index (χ4v) is 2.92. The number of hydrogen-bond donors (Lipinski definition) is 0. The second kappa shape index (κ2) is 7.33. The summed E-state index contributed by atoms with van der Waals surface area (Å²) in [5, 5.41) is 0. The monoisotopic (exact) mass is 358 g/mol. The molecule has 0 bridgehead atoms. The molecule has 134 valence electrons. The predicted molar refractivity (Wildman–Crippen MR) is 103 cm³/mol. The lowest BCUT2D eigenvalue weighted by Crippen LogP contribution is -2.32. The average Bonchev–Trinajstić information content (AvgIpc) is 3.33. The molecule has 27 heavy (non-hydrogen) atoms. The van der Waals surface area contributed by atoms with E-state index in [2.05, 4.69) is 4.99 Å². The minimum Gasteiger partial charge on any atom is -0.497 e. The summed E-state index contributed by atoms with van der Waals surface area (Å²) in [4.78, 5) is 19.3. The van der Waals surface area contributed by atoms with Crippen LogP contribution in [0.15, 0.2) is 88.1 Å². The molecular formula is C22H18N2O3. The highest BCUT2D eigenvalue weighted by atomic mass is 16.5. The highest BCUT2D eigenvalue weighted by Gasteiger charge is 2.31. The van der Waals surface area contributed by atoms with E-state index in [0.29, 0.717) is 23.8 Å². The van der Waals surface area contributed by atoms with Crippen LogP contribution in [0.5, 0.6) is 5.75 Å². The zero-order chi connectivity index (χ0) is 18.6. The maximum absolute atomic E-state index is 13.0. The van der Waals surface area contributed by atoms with Gasteiger partial charge in [0, 0.05) is 5.56 Å². The molecule has 0 saturated carbocycles. The number of amides is 1. The second-order valence-corrected chi connectivity index (χ2v) is 6.07. The van der Waals surface area contributed by atoms with Gasteiger partial charge in [0.2, 0.25) is 0 Å². The van der Waals surface area contributed by atoms with Gasteiger partial charge in [0.25, 0.3) is 5.91 Å². The van der Waals surface area contributed by atoms with Crippen molar-refractivity contribution in [3.8, 4) is 5.75 Å². The summed E-state index contributed by atoms with van der Waals surface area (Å²) in [6, 6.07) is 20.8. The number of nitrogens with zero attached hydrogens (tertiary/aromatic N) is 2. The lowest BCUT2D eigenvalue weighted by Gasteiger charge is -2.17. The Kier molecular flexibility index (Phi) is 4.58. The van der Waals surface area contributed by atoms with Crippen LogP contribution >= 0.6 is 0 Å². The van der Waals surface area contributed by atoms with Gasteiger partial charge in [-0.25, -0.2) is 4.99 Å². The molecule has 0 fully saturated rings. The number of benzene rings is 2. The van der Waals surface area contributed by atoms with Crippen LogP contribution in [-0.4, -0.2) is 23.8 Å². The summed E-state index contributed by atoms with van der Waals surface area (Å²) in [6.07, 6.45) is 3.39. The highest BCUT2D eigenvalue weighted by Crippen LogP contribution is 2.24. The van der Waals surface area contributed by atoms with Crippen molar-refractivity contribution in [1.29, 1.82) is 0 Å². The summed E-state index contributed by atoms with van der Waals surface area (Å²) >= 11 is 0. The summed E-state index contributed by atoms with van der Waals surface area (Å²) in [6.45, 7) is 0.333. The van der Waals surface area contributed by atoms with E-state index in [-0.39, 0.29) is 5.91 Å². The van der Waals surface area contributed by atoms with E-state index in [1.165, 1.54) is 0 Å². The van der Waals surface area contributed by atoms with Crippen molar-refractivity contribution in [3.63, 3.8) is 0 Å². The molecule has 1 aliphatic heterocycles. The Hall–Kier alpha value is -3.60. The number of aliphatic imine (C=N–C) groups is 1. The van der Waals surface area contributed by atoms with Crippen molar-refractivity contribution in [2.24, 2.45) is 4.99 Å². The highest BCUT2D eigenvalue weighted by molar-refractivity contribution is 6.19. The van der Waals surface area contributed by atoms with E-state index in [1.807, 2.05) is 66.7 Å². The molecule has 0 atom stereocenters. The summed E-state index contributed by atoms with van der Waals surface area (Å²) in [5.74, 6) is 1.94. The van der Waals surface area contributed by atoms with Gasteiger partial charge in [-0.15, -0.1) is 0 Å². The molecule has 5 nitrogen and oxygen atoms in total. The predicted octanol–water partition coefficient (Wildman–Crippen LogP) is 4.12. The number of furan rings is 1. The smallest absolute Gasteiger partial charge is 0.278 e. The van der Waals surface area contributed by atoms with Crippen LogP contribution in [0.4, 0.5) is 0 Å². The molecular weight excluding hydrogens is 340 g/mol. The first-order valence-corrected chi connectivity index (χ1v) is 8.59. The van der Waals surface area contributed by atoms with Crippen molar-refractivity contribution >= 4 is 17.8 Å². The van der Waals surface area contributed by atoms with Crippen LogP contribution in [0.1, 0.15) is 16.9 Å². The van der Waals surface area contributed by atoms with E-state index in [9.17, 15) is 4.79 Å². The minimum absolute atomic E-state index is 0.152. The van der Waals surface area contributed by atoms with Gasteiger partial charge in [0.1, 0.15) is 23.0 Å². The van der Waals surface area contributed by atoms with Gasteiger partial charge in [-0.3, -0.25) is 9.69 Å². The lowest BCUT2D eigenvalue weighted by molar-refractivity contribution is -0.123. The molecule has 4 rings (SSSR count). The number of amidine groups is 1. The first-order chi connectivity index (χ1) is 13.2. The van der Waals surface area contributed by atoms with Gasteiger partial charge in [-0.2, -0.15) is 0 Å². The van der Waals surface area contributed by atoms with E-state index in [0.717, 1.165) is 16.9 Å². The van der Waals surface area contributed by atoms with Crippen LogP contribution < -0.4 is 4.74 Å². The van der Waals surface area contributed by atoms with Gasteiger partial charge < -0.3 is 9.15 Å². The van der Waals surface area contributed by atoms with Crippen molar-refractivity contribution < 1.29 is 13.9 Å². The molecule has 5 heteroatoms. The van der Waals surface area contributed by atoms with Crippen molar-refractivity contribution in [2.75, 3.05) is 7.11 Å². The van der Waals surface area contributed by atoms with Crippen LogP contribution in [0, 0.1) is 0 Å². The maximum Gasteiger partial charge on any atom is 0.278 e. The number of methoxy groups -OCH3 is 1. The van der Waals surface area contributed by atoms with Crippen molar-refractivity contribution in [2.45, 2.75) is 6.54 Å². The number of rotatable bonds is 5. The van der Waals surface area contributed by atoms with Crippen LogP contribution in [0.3, 0.4) is 0 Å². The molecule has 3 aromatic rings. The number of carbonyl (C=O) groups is 1. The SMILES string of the molecule is COc1ccc(/C=C2/N=C(c3ccccc3)N(Cc3ccco3)C2=O)cc1. The van der Waals surface area contributed by atoms with Crippen LogP contribution in [0.25, 0.3) is 6.08 Å². The number of ether oxygens (including phenoxy) is 1. The summed E-state index contributed by atoms with van der Waals surface area (Å²) < 4.78 is 10.6. The standard InChI is InChI=1S/C22H18N2O3/c1-26-18-11-9-16(10-12-18)14-20-22(25)24(15-19-8-5-13-27-19)21(23-20)17-6-3-2-4-7-17/h2-14H,15H2,1H3/b20-14+. The summed E-state index contributed by atoms with van der Waals surface area (Å²) in [7, 11) is 1.62. The quantitative estimate of drug-likeness (QED) is 0.645. The third kappa shape index (κ3) is 3.53. The molecule has 2 heterocycles. The van der Waals surface area contributed by atoms with Gasteiger partial charge in [-0.1, -0.05) is 42.5 Å². The van der Waals surface area contributed by atoms with Crippen molar-refractivity contribution in [1.82, 2.24) is 4.90 Å². The number of carbonyl (C=O) groups excluding carboxylic acids is 1. The Morgan fingerprint density at radius 3 is 2.48 bits per heavy atom. The van der Waals surface area contributed by atoms with Gasteiger partial charge in [-0.05, 0) is 35.9 Å². The third-order valence-corrected chi connectivity index (χ3v) is 4.29. The normalized spacial score (nSPS) is 15.3. The third-order valence-electron chi connectivity index (χ3n) is 4.29. The number of hydrogen-bond acceptors (Lipinski definition) is 4. The Morgan fingerprint density at radius 1 is 1.04 bits per heavy atom. The molecule has 1 aliphatic rings. The second-order valence-electron chi connectivity index (χ2n) is 6.07. The van der Waals surface area contributed by atoms with Gasteiger partial charge in [0.05, 0.1) is 19.9 Å². The molecule has 1 aromatic heterocycles. The van der Waals surface area contributed by atoms with Crippen molar-refractivity contribution in [3.05, 3.63) is 95.6 Å². The average molecular weight is 358 g/mol. The minimum atomic E-state index is -0.152. The Labute approximate surface area is 157 Å². The Balaban J connectivity index is 1.70. The van der Waals surface area contributed by atoms with E-state index in [1.54, 1.807) is 24.3 Å². The molecule has 0 spiro atoms. The fourth-order valence-electron chi connectivity index (χ4n) is 2.92. The van der Waals surface area contributed by atoms with Crippen LogP contribution in [0.2, 0.25) is 0 Å². The molecule has 0 aliphatic carbocycles. The first kappa shape index (κ1) is 16.8. The molecule has 0 radical (unpaired) electrons. The topological polar surface area (TPSA) is 55.0 Å². The largest absolute Gasteiger partial charge is 0.497 e. The Bertz CT molecular complexity index is 988. The first-order valence-electron chi connectivity index (χ1n) is 8.59. The maximum atomic E-state index is 13.0. The van der Waals surface area contributed by atoms with Crippen LogP contribution in [-0.2, 0) is 11.3 Å². The molecule has 0 saturated heterocycles. The fraction of sp³-hybridized carbons (Fsp3) is 0.0909.